The summed E-state index contributed by atoms with van der Waals surface area (Å²) in [5, 5.41) is 1.94. The van der Waals surface area contributed by atoms with Gasteiger partial charge in [-0.15, -0.1) is 11.8 Å². The molecule has 2 heterocycles. The van der Waals surface area contributed by atoms with Crippen molar-refractivity contribution < 1.29 is 19.1 Å². The minimum absolute atomic E-state index is 0.00651. The number of ether oxygens (including phenoxy) is 1. The molecule has 7 nitrogen and oxygen atoms in total. The van der Waals surface area contributed by atoms with Gasteiger partial charge < -0.3 is 19.4 Å². The lowest BCUT2D eigenvalue weighted by molar-refractivity contribution is -0.136. The van der Waals surface area contributed by atoms with E-state index in [9.17, 15) is 14.4 Å². The number of benzene rings is 1. The number of carbonyl (C=O) groups is 3. The predicted molar refractivity (Wildman–Crippen MR) is 118 cm³/mol. The molecule has 1 saturated heterocycles. The van der Waals surface area contributed by atoms with Gasteiger partial charge in [0.15, 0.2) is 0 Å². The second kappa shape index (κ2) is 9.55. The van der Waals surface area contributed by atoms with E-state index in [2.05, 4.69) is 0 Å². The molecule has 162 valence electrons. The number of thioether (sulfide) groups is 1. The summed E-state index contributed by atoms with van der Waals surface area (Å²) in [6.45, 7) is 7.48. The lowest BCUT2D eigenvalue weighted by Gasteiger charge is -2.30. The van der Waals surface area contributed by atoms with Crippen LogP contribution in [0.2, 0.25) is 0 Å². The number of amides is 3. The third-order valence-corrected chi connectivity index (χ3v) is 5.66. The van der Waals surface area contributed by atoms with Crippen LogP contribution in [0.4, 0.5) is 4.79 Å². The number of nitrogens with zero attached hydrogens (tertiary/aromatic N) is 3. The van der Waals surface area contributed by atoms with Gasteiger partial charge in [-0.2, -0.15) is 0 Å². The Morgan fingerprint density at radius 3 is 2.40 bits per heavy atom. The summed E-state index contributed by atoms with van der Waals surface area (Å²) < 4.78 is 5.45. The molecule has 30 heavy (non-hydrogen) atoms. The van der Waals surface area contributed by atoms with Crippen molar-refractivity contribution in [2.24, 2.45) is 0 Å². The van der Waals surface area contributed by atoms with Gasteiger partial charge in [0.05, 0.1) is 11.4 Å². The van der Waals surface area contributed by atoms with Crippen molar-refractivity contribution >= 4 is 35.4 Å². The van der Waals surface area contributed by atoms with Crippen molar-refractivity contribution in [3.63, 3.8) is 0 Å². The average Bonchev–Trinajstić information content (AvgIpc) is 2.95. The largest absolute Gasteiger partial charge is 0.444 e. The van der Waals surface area contributed by atoms with Crippen LogP contribution in [0.5, 0.6) is 0 Å². The number of carbonyl (C=O) groups excluding carboxylic acids is 3. The van der Waals surface area contributed by atoms with E-state index in [0.717, 1.165) is 11.3 Å². The molecular weight excluding hydrogens is 402 g/mol. The van der Waals surface area contributed by atoms with Gasteiger partial charge >= 0.3 is 6.09 Å². The van der Waals surface area contributed by atoms with Crippen molar-refractivity contribution in [3.8, 4) is 0 Å². The van der Waals surface area contributed by atoms with E-state index in [1.54, 1.807) is 14.7 Å². The monoisotopic (exact) mass is 431 g/mol. The molecule has 0 aromatic heterocycles. The first-order valence-corrected chi connectivity index (χ1v) is 11.2. The first-order valence-electron chi connectivity index (χ1n) is 10.2. The Morgan fingerprint density at radius 2 is 1.70 bits per heavy atom. The number of rotatable bonds is 3. The summed E-state index contributed by atoms with van der Waals surface area (Å²) in [5.74, 6) is 0.152. The van der Waals surface area contributed by atoms with Crippen molar-refractivity contribution in [3.05, 3.63) is 41.3 Å². The standard InChI is InChI=1S/C22H29N3O4S/c1-22(2,3)29-21(28)24-11-7-10-23(12-13-24)19(26)14-25-18(15-30-16-20(25)27)17-8-5-4-6-9-17/h4-6,8-9,15H,7,10-14,16H2,1-3H3. The summed E-state index contributed by atoms with van der Waals surface area (Å²) in [6.07, 6.45) is 0.324. The fourth-order valence-corrected chi connectivity index (χ4v) is 4.19. The highest BCUT2D eigenvalue weighted by Crippen LogP contribution is 2.28. The number of hydrogen-bond donors (Lipinski definition) is 0. The fourth-order valence-electron chi connectivity index (χ4n) is 3.39. The summed E-state index contributed by atoms with van der Waals surface area (Å²) in [6, 6.07) is 9.63. The Balaban J connectivity index is 1.63. The van der Waals surface area contributed by atoms with E-state index < -0.39 is 5.60 Å². The Kier molecular flexibility index (Phi) is 7.07. The average molecular weight is 432 g/mol. The van der Waals surface area contributed by atoms with Crippen LogP contribution in [0.3, 0.4) is 0 Å². The van der Waals surface area contributed by atoms with Crippen LogP contribution < -0.4 is 0 Å². The molecule has 0 aliphatic carbocycles. The van der Waals surface area contributed by atoms with Crippen molar-refractivity contribution in [2.45, 2.75) is 32.8 Å². The maximum atomic E-state index is 13.0. The van der Waals surface area contributed by atoms with Gasteiger partial charge in [-0.05, 0) is 38.2 Å². The highest BCUT2D eigenvalue weighted by molar-refractivity contribution is 8.03. The van der Waals surface area contributed by atoms with Crippen LogP contribution in [0, 0.1) is 0 Å². The molecule has 3 amide bonds. The van der Waals surface area contributed by atoms with Crippen molar-refractivity contribution in [2.75, 3.05) is 38.5 Å². The van der Waals surface area contributed by atoms with Gasteiger partial charge in [0.2, 0.25) is 11.8 Å². The quantitative estimate of drug-likeness (QED) is 0.736. The second-order valence-electron chi connectivity index (χ2n) is 8.36. The second-order valence-corrected chi connectivity index (χ2v) is 9.22. The van der Waals surface area contributed by atoms with Crippen molar-refractivity contribution in [1.29, 1.82) is 0 Å². The van der Waals surface area contributed by atoms with E-state index in [-0.39, 0.29) is 24.5 Å². The van der Waals surface area contributed by atoms with E-state index in [1.165, 1.54) is 11.8 Å². The number of hydrogen-bond acceptors (Lipinski definition) is 5. The van der Waals surface area contributed by atoms with Gasteiger partial charge in [0.25, 0.3) is 0 Å². The van der Waals surface area contributed by atoms with Gasteiger partial charge in [-0.25, -0.2) is 4.79 Å². The summed E-state index contributed by atoms with van der Waals surface area (Å²) in [5.41, 5.74) is 1.12. The van der Waals surface area contributed by atoms with Crippen molar-refractivity contribution in [1.82, 2.24) is 14.7 Å². The van der Waals surface area contributed by atoms with Gasteiger partial charge in [0.1, 0.15) is 12.1 Å². The molecule has 3 rings (SSSR count). The van der Waals surface area contributed by atoms with Gasteiger partial charge in [-0.3, -0.25) is 9.59 Å². The zero-order valence-corrected chi connectivity index (χ0v) is 18.6. The first kappa shape index (κ1) is 22.2. The van der Waals surface area contributed by atoms with E-state index >= 15 is 0 Å². The topological polar surface area (TPSA) is 70.2 Å². The Morgan fingerprint density at radius 1 is 1.03 bits per heavy atom. The molecule has 1 aromatic carbocycles. The van der Waals surface area contributed by atoms with Gasteiger partial charge in [0, 0.05) is 26.2 Å². The summed E-state index contributed by atoms with van der Waals surface area (Å²) in [4.78, 5) is 42.9. The molecular formula is C22H29N3O4S. The highest BCUT2D eigenvalue weighted by Gasteiger charge is 2.30. The smallest absolute Gasteiger partial charge is 0.410 e. The van der Waals surface area contributed by atoms with Crippen LogP contribution in [-0.2, 0) is 14.3 Å². The third-order valence-electron chi connectivity index (χ3n) is 4.86. The van der Waals surface area contributed by atoms with Crippen LogP contribution >= 0.6 is 11.8 Å². The third kappa shape index (κ3) is 5.78. The zero-order chi connectivity index (χ0) is 21.7. The Bertz CT molecular complexity index is 819. The normalized spacial score (nSPS) is 18.0. The molecule has 0 atom stereocenters. The Labute approximate surface area is 182 Å². The van der Waals surface area contributed by atoms with Crippen LogP contribution in [-0.4, -0.2) is 76.7 Å². The maximum absolute atomic E-state index is 13.0. The molecule has 2 aliphatic rings. The zero-order valence-electron chi connectivity index (χ0n) is 17.8. The van der Waals surface area contributed by atoms with Crippen LogP contribution in [0.25, 0.3) is 5.70 Å². The lowest BCUT2D eigenvalue weighted by atomic mass is 10.1. The minimum Gasteiger partial charge on any atom is -0.444 e. The molecule has 0 bridgehead atoms. The highest BCUT2D eigenvalue weighted by atomic mass is 32.2. The van der Waals surface area contributed by atoms with Crippen LogP contribution in [0.15, 0.2) is 35.7 Å². The Hall–Kier alpha value is -2.48. The molecule has 2 aliphatic heterocycles. The molecule has 1 fully saturated rings. The lowest BCUT2D eigenvalue weighted by Crippen LogP contribution is -2.45. The van der Waals surface area contributed by atoms with E-state index in [4.69, 9.17) is 4.74 Å². The van der Waals surface area contributed by atoms with E-state index in [0.29, 0.717) is 38.4 Å². The van der Waals surface area contributed by atoms with Crippen LogP contribution in [0.1, 0.15) is 32.8 Å². The molecule has 0 unspecified atom stereocenters. The predicted octanol–water partition coefficient (Wildman–Crippen LogP) is 3.03. The molecule has 0 spiro atoms. The summed E-state index contributed by atoms with van der Waals surface area (Å²) >= 11 is 1.45. The fraction of sp³-hybridized carbons (Fsp3) is 0.500. The molecule has 8 heteroatoms. The molecule has 1 aromatic rings. The molecule has 0 saturated carbocycles. The van der Waals surface area contributed by atoms with Gasteiger partial charge in [-0.1, -0.05) is 30.3 Å². The summed E-state index contributed by atoms with van der Waals surface area (Å²) in [7, 11) is 0. The molecule has 0 radical (unpaired) electrons. The first-order chi connectivity index (χ1) is 14.2. The SMILES string of the molecule is CC(C)(C)OC(=O)N1CCCN(C(=O)CN2C(=O)CSC=C2c2ccccc2)CC1. The minimum atomic E-state index is -0.550. The maximum Gasteiger partial charge on any atom is 0.410 e. The van der Waals surface area contributed by atoms with E-state index in [1.807, 2.05) is 56.5 Å². The molecule has 0 N–H and O–H groups in total.